The first kappa shape index (κ1) is 16.7. The van der Waals surface area contributed by atoms with Crippen molar-refractivity contribution in [1.29, 1.82) is 0 Å². The molecule has 0 aliphatic carbocycles. The third kappa shape index (κ3) is 6.58. The summed E-state index contributed by atoms with van der Waals surface area (Å²) in [5.41, 5.74) is 0.167. The van der Waals surface area contributed by atoms with E-state index in [0.29, 0.717) is 12.5 Å². The standard InChI is InChI=1S/C13H25F3N2O/c1-12(2,3)11-9-17-5-7-18(11)6-4-8-19-10-13(14,15)16/h11,17H,4-10H2,1-3H3. The monoisotopic (exact) mass is 282 g/mol. The lowest BCUT2D eigenvalue weighted by Gasteiger charge is -2.43. The molecule has 1 N–H and O–H groups in total. The Morgan fingerprint density at radius 1 is 1.26 bits per heavy atom. The Balaban J connectivity index is 2.26. The van der Waals surface area contributed by atoms with Crippen LogP contribution in [0.1, 0.15) is 27.2 Å². The van der Waals surface area contributed by atoms with E-state index in [1.165, 1.54) is 0 Å². The lowest BCUT2D eigenvalue weighted by molar-refractivity contribution is -0.174. The van der Waals surface area contributed by atoms with E-state index in [1.807, 2.05) is 0 Å². The fraction of sp³-hybridized carbons (Fsp3) is 1.00. The molecule has 1 saturated heterocycles. The van der Waals surface area contributed by atoms with Gasteiger partial charge in [0.25, 0.3) is 0 Å². The molecule has 0 saturated carbocycles. The number of piperazine rings is 1. The molecule has 1 heterocycles. The van der Waals surface area contributed by atoms with Gasteiger partial charge in [-0.25, -0.2) is 0 Å². The van der Waals surface area contributed by atoms with Crippen molar-refractivity contribution in [1.82, 2.24) is 10.2 Å². The second-order valence-electron chi connectivity index (χ2n) is 6.14. The van der Waals surface area contributed by atoms with E-state index < -0.39 is 12.8 Å². The van der Waals surface area contributed by atoms with Gasteiger partial charge in [0.2, 0.25) is 0 Å². The number of alkyl halides is 3. The van der Waals surface area contributed by atoms with Gasteiger partial charge in [0.1, 0.15) is 6.61 Å². The highest BCUT2D eigenvalue weighted by atomic mass is 19.4. The topological polar surface area (TPSA) is 24.5 Å². The molecule has 1 fully saturated rings. The van der Waals surface area contributed by atoms with Gasteiger partial charge in [0.05, 0.1) is 0 Å². The summed E-state index contributed by atoms with van der Waals surface area (Å²) >= 11 is 0. The van der Waals surface area contributed by atoms with Gasteiger partial charge in [-0.2, -0.15) is 13.2 Å². The zero-order valence-electron chi connectivity index (χ0n) is 12.0. The number of halogens is 3. The van der Waals surface area contributed by atoms with Gasteiger partial charge in [-0.1, -0.05) is 20.8 Å². The second-order valence-corrected chi connectivity index (χ2v) is 6.14. The van der Waals surface area contributed by atoms with Crippen molar-refractivity contribution in [2.45, 2.75) is 39.4 Å². The SMILES string of the molecule is CC(C)(C)C1CNCCN1CCCOCC(F)(F)F. The van der Waals surface area contributed by atoms with Crippen LogP contribution in [-0.2, 0) is 4.74 Å². The van der Waals surface area contributed by atoms with Crippen molar-refractivity contribution in [3.05, 3.63) is 0 Å². The molecule has 0 bridgehead atoms. The smallest absolute Gasteiger partial charge is 0.372 e. The Hall–Kier alpha value is -0.330. The Labute approximate surface area is 113 Å². The van der Waals surface area contributed by atoms with Gasteiger partial charge in [0.15, 0.2) is 0 Å². The maximum Gasteiger partial charge on any atom is 0.411 e. The average Bonchev–Trinajstić information content (AvgIpc) is 2.26. The minimum absolute atomic E-state index is 0.167. The maximum absolute atomic E-state index is 11.9. The lowest BCUT2D eigenvalue weighted by atomic mass is 9.84. The average molecular weight is 282 g/mol. The molecule has 0 aromatic heterocycles. The highest BCUT2D eigenvalue weighted by Crippen LogP contribution is 2.25. The number of nitrogens with one attached hydrogen (secondary N) is 1. The first-order chi connectivity index (χ1) is 8.70. The third-order valence-electron chi connectivity index (χ3n) is 3.35. The number of ether oxygens (including phenoxy) is 1. The first-order valence-corrected chi connectivity index (χ1v) is 6.79. The molecule has 0 spiro atoms. The van der Waals surface area contributed by atoms with E-state index in [1.54, 1.807) is 0 Å². The van der Waals surface area contributed by atoms with Crippen LogP contribution in [0, 0.1) is 5.41 Å². The van der Waals surface area contributed by atoms with Crippen LogP contribution in [0.25, 0.3) is 0 Å². The number of hydrogen-bond acceptors (Lipinski definition) is 3. The first-order valence-electron chi connectivity index (χ1n) is 6.79. The number of nitrogens with zero attached hydrogens (tertiary/aromatic N) is 1. The van der Waals surface area contributed by atoms with Gasteiger partial charge in [-0.15, -0.1) is 0 Å². The maximum atomic E-state index is 11.9. The van der Waals surface area contributed by atoms with Crippen molar-refractivity contribution >= 4 is 0 Å². The molecule has 1 atom stereocenters. The van der Waals surface area contributed by atoms with Crippen LogP contribution in [-0.4, -0.2) is 56.5 Å². The Bertz CT molecular complexity index is 264. The fourth-order valence-corrected chi connectivity index (χ4v) is 2.43. The molecular weight excluding hydrogens is 257 g/mol. The minimum atomic E-state index is -4.22. The summed E-state index contributed by atoms with van der Waals surface area (Å²) in [5.74, 6) is 0. The van der Waals surface area contributed by atoms with E-state index in [0.717, 1.165) is 26.2 Å². The summed E-state index contributed by atoms with van der Waals surface area (Å²) in [6.07, 6.45) is -3.58. The summed E-state index contributed by atoms with van der Waals surface area (Å²) in [4.78, 5) is 2.35. The van der Waals surface area contributed by atoms with Gasteiger partial charge in [-0.3, -0.25) is 4.90 Å². The molecule has 0 amide bonds. The molecular formula is C13H25F3N2O. The van der Waals surface area contributed by atoms with Crippen molar-refractivity contribution in [2.24, 2.45) is 5.41 Å². The quantitative estimate of drug-likeness (QED) is 0.783. The van der Waals surface area contributed by atoms with E-state index in [-0.39, 0.29) is 12.0 Å². The van der Waals surface area contributed by atoms with E-state index >= 15 is 0 Å². The summed E-state index contributed by atoms with van der Waals surface area (Å²) < 4.78 is 40.4. The molecule has 1 unspecified atom stereocenters. The van der Waals surface area contributed by atoms with Gasteiger partial charge >= 0.3 is 6.18 Å². The van der Waals surface area contributed by atoms with Crippen molar-refractivity contribution < 1.29 is 17.9 Å². The van der Waals surface area contributed by atoms with Gasteiger partial charge < -0.3 is 10.1 Å². The Kier molecular flexibility index (Phi) is 6.08. The molecule has 1 aliphatic heterocycles. The molecule has 6 heteroatoms. The van der Waals surface area contributed by atoms with E-state index in [2.05, 4.69) is 35.7 Å². The van der Waals surface area contributed by atoms with Crippen LogP contribution in [0.5, 0.6) is 0 Å². The van der Waals surface area contributed by atoms with Crippen molar-refractivity contribution in [3.8, 4) is 0 Å². The molecule has 0 aromatic rings. The second kappa shape index (κ2) is 6.90. The molecule has 3 nitrogen and oxygen atoms in total. The molecule has 19 heavy (non-hydrogen) atoms. The van der Waals surface area contributed by atoms with Gasteiger partial charge in [-0.05, 0) is 11.8 Å². The fourth-order valence-electron chi connectivity index (χ4n) is 2.43. The minimum Gasteiger partial charge on any atom is -0.372 e. The summed E-state index contributed by atoms with van der Waals surface area (Å²) in [6.45, 7) is 9.22. The normalized spacial score (nSPS) is 22.7. The molecule has 1 aliphatic rings. The van der Waals surface area contributed by atoms with E-state index in [9.17, 15) is 13.2 Å². The highest BCUT2D eigenvalue weighted by Gasteiger charge is 2.32. The third-order valence-corrected chi connectivity index (χ3v) is 3.35. The Morgan fingerprint density at radius 2 is 1.95 bits per heavy atom. The van der Waals surface area contributed by atoms with E-state index in [4.69, 9.17) is 0 Å². The van der Waals surface area contributed by atoms with Crippen LogP contribution in [0.3, 0.4) is 0 Å². The van der Waals surface area contributed by atoms with Crippen molar-refractivity contribution in [2.75, 3.05) is 39.4 Å². The van der Waals surface area contributed by atoms with Crippen LogP contribution in [0.4, 0.5) is 13.2 Å². The zero-order chi connectivity index (χ0) is 14.5. The molecule has 0 radical (unpaired) electrons. The summed E-state index contributed by atoms with van der Waals surface area (Å²) in [6, 6.07) is 0.420. The van der Waals surface area contributed by atoms with Crippen LogP contribution in [0.2, 0.25) is 0 Å². The molecule has 114 valence electrons. The molecule has 0 aromatic carbocycles. The summed E-state index contributed by atoms with van der Waals surface area (Å²) in [7, 11) is 0. The lowest BCUT2D eigenvalue weighted by Crippen LogP contribution is -2.56. The number of hydrogen-bond donors (Lipinski definition) is 1. The number of rotatable bonds is 5. The van der Waals surface area contributed by atoms with Crippen molar-refractivity contribution in [3.63, 3.8) is 0 Å². The Morgan fingerprint density at radius 3 is 2.53 bits per heavy atom. The van der Waals surface area contributed by atoms with Gasteiger partial charge in [0, 0.05) is 38.8 Å². The predicted molar refractivity (Wildman–Crippen MR) is 69.2 cm³/mol. The van der Waals surface area contributed by atoms with Crippen LogP contribution < -0.4 is 5.32 Å². The predicted octanol–water partition coefficient (Wildman–Crippen LogP) is 2.28. The van der Waals surface area contributed by atoms with Crippen LogP contribution >= 0.6 is 0 Å². The van der Waals surface area contributed by atoms with Crippen LogP contribution in [0.15, 0.2) is 0 Å². The summed E-state index contributed by atoms with van der Waals surface area (Å²) in [5, 5.41) is 3.37. The highest BCUT2D eigenvalue weighted by molar-refractivity contribution is 4.88. The zero-order valence-corrected chi connectivity index (χ0v) is 12.0. The largest absolute Gasteiger partial charge is 0.411 e. The molecule has 1 rings (SSSR count).